The first-order chi connectivity index (χ1) is 14.4. The fourth-order valence-corrected chi connectivity index (χ4v) is 4.65. The molecule has 30 heavy (non-hydrogen) atoms. The lowest BCUT2D eigenvalue weighted by molar-refractivity contribution is -0.385. The first-order valence-corrected chi connectivity index (χ1v) is 11.2. The number of piperazine rings is 1. The number of ether oxygens (including phenoxy) is 2. The average molecular weight is 436 g/mol. The molecule has 1 aliphatic heterocycles. The molecule has 0 aromatic heterocycles. The van der Waals surface area contributed by atoms with Crippen molar-refractivity contribution in [2.45, 2.75) is 11.8 Å². The van der Waals surface area contributed by atoms with Gasteiger partial charge in [-0.05, 0) is 37.3 Å². The van der Waals surface area contributed by atoms with Crippen LogP contribution < -0.4 is 9.47 Å². The van der Waals surface area contributed by atoms with Gasteiger partial charge in [0.2, 0.25) is 10.0 Å². The summed E-state index contributed by atoms with van der Waals surface area (Å²) >= 11 is 0. The van der Waals surface area contributed by atoms with Crippen molar-refractivity contribution in [2.75, 3.05) is 45.9 Å². The minimum Gasteiger partial charge on any atom is -0.494 e. The van der Waals surface area contributed by atoms with E-state index in [1.165, 1.54) is 22.5 Å². The van der Waals surface area contributed by atoms with E-state index in [-0.39, 0.29) is 10.6 Å². The normalized spacial score (nSPS) is 15.6. The Morgan fingerprint density at radius 1 is 1.00 bits per heavy atom. The molecule has 1 aliphatic rings. The SMILES string of the molecule is CCOc1ccc(OCCN2CCN(S(=O)(=O)c3cccc([N+](=O)[O-])c3)CC2)cc1. The molecule has 0 atom stereocenters. The summed E-state index contributed by atoms with van der Waals surface area (Å²) in [5.41, 5.74) is -0.235. The highest BCUT2D eigenvalue weighted by Gasteiger charge is 2.29. The van der Waals surface area contributed by atoms with Gasteiger partial charge in [-0.3, -0.25) is 15.0 Å². The van der Waals surface area contributed by atoms with Crippen LogP contribution in [0.15, 0.2) is 53.4 Å². The molecule has 1 saturated heterocycles. The van der Waals surface area contributed by atoms with Crippen LogP contribution in [0.5, 0.6) is 11.5 Å². The number of hydrogen-bond donors (Lipinski definition) is 0. The molecule has 2 aromatic carbocycles. The summed E-state index contributed by atoms with van der Waals surface area (Å²) in [6, 6.07) is 12.6. The van der Waals surface area contributed by atoms with Crippen LogP contribution in [0.1, 0.15) is 6.92 Å². The van der Waals surface area contributed by atoms with Crippen molar-refractivity contribution in [3.63, 3.8) is 0 Å². The van der Waals surface area contributed by atoms with Crippen LogP contribution in [0, 0.1) is 10.1 Å². The predicted molar refractivity (Wildman–Crippen MR) is 111 cm³/mol. The Morgan fingerprint density at radius 2 is 1.63 bits per heavy atom. The zero-order chi connectivity index (χ0) is 21.6. The minimum absolute atomic E-state index is 0.0519. The smallest absolute Gasteiger partial charge is 0.270 e. The summed E-state index contributed by atoms with van der Waals surface area (Å²) in [7, 11) is -3.75. The molecule has 0 amide bonds. The van der Waals surface area contributed by atoms with Crippen LogP contribution in [-0.2, 0) is 10.0 Å². The van der Waals surface area contributed by atoms with E-state index in [0.717, 1.165) is 17.6 Å². The quantitative estimate of drug-likeness (QED) is 0.440. The second-order valence-corrected chi connectivity index (χ2v) is 8.69. The van der Waals surface area contributed by atoms with E-state index in [1.54, 1.807) is 0 Å². The summed E-state index contributed by atoms with van der Waals surface area (Å²) < 4.78 is 38.1. The molecule has 0 unspecified atom stereocenters. The summed E-state index contributed by atoms with van der Waals surface area (Å²) in [4.78, 5) is 12.4. The fourth-order valence-electron chi connectivity index (χ4n) is 3.19. The number of hydrogen-bond acceptors (Lipinski definition) is 7. The van der Waals surface area contributed by atoms with Crippen molar-refractivity contribution < 1.29 is 22.8 Å². The number of rotatable bonds is 9. The minimum atomic E-state index is -3.75. The number of sulfonamides is 1. The van der Waals surface area contributed by atoms with Gasteiger partial charge in [-0.2, -0.15) is 4.31 Å². The molecule has 162 valence electrons. The van der Waals surface area contributed by atoms with Crippen LogP contribution in [0.25, 0.3) is 0 Å². The highest BCUT2D eigenvalue weighted by molar-refractivity contribution is 7.89. The largest absolute Gasteiger partial charge is 0.494 e. The van der Waals surface area contributed by atoms with Gasteiger partial charge in [0.25, 0.3) is 5.69 Å². The molecule has 0 bridgehead atoms. The Kier molecular flexibility index (Phi) is 7.24. The van der Waals surface area contributed by atoms with Gasteiger partial charge >= 0.3 is 0 Å². The van der Waals surface area contributed by atoms with Crippen LogP contribution in [0.3, 0.4) is 0 Å². The topological polar surface area (TPSA) is 102 Å². The summed E-state index contributed by atoms with van der Waals surface area (Å²) in [5, 5.41) is 10.9. The Bertz CT molecular complexity index is 957. The van der Waals surface area contributed by atoms with E-state index in [4.69, 9.17) is 9.47 Å². The molecule has 10 heteroatoms. The summed E-state index contributed by atoms with van der Waals surface area (Å²) in [6.45, 7) is 5.51. The van der Waals surface area contributed by atoms with Crippen molar-refractivity contribution >= 4 is 15.7 Å². The van der Waals surface area contributed by atoms with Crippen molar-refractivity contribution in [3.8, 4) is 11.5 Å². The van der Waals surface area contributed by atoms with E-state index < -0.39 is 14.9 Å². The number of nitrogens with zero attached hydrogens (tertiary/aromatic N) is 3. The van der Waals surface area contributed by atoms with Crippen LogP contribution in [0.4, 0.5) is 5.69 Å². The van der Waals surface area contributed by atoms with Gasteiger partial charge in [-0.15, -0.1) is 0 Å². The molecular weight excluding hydrogens is 410 g/mol. The molecule has 0 spiro atoms. The third-order valence-electron chi connectivity index (χ3n) is 4.81. The van der Waals surface area contributed by atoms with Gasteiger partial charge in [0.1, 0.15) is 18.1 Å². The Morgan fingerprint density at radius 3 is 2.23 bits per heavy atom. The molecule has 0 aliphatic carbocycles. The predicted octanol–water partition coefficient (Wildman–Crippen LogP) is 2.38. The zero-order valence-electron chi connectivity index (χ0n) is 16.8. The van der Waals surface area contributed by atoms with E-state index >= 15 is 0 Å². The number of non-ortho nitro benzene ring substituents is 1. The maximum Gasteiger partial charge on any atom is 0.270 e. The maximum atomic E-state index is 12.8. The Hall–Kier alpha value is -2.69. The molecule has 3 rings (SSSR count). The average Bonchev–Trinajstić information content (AvgIpc) is 2.75. The van der Waals surface area contributed by atoms with Crippen LogP contribution in [-0.4, -0.2) is 68.5 Å². The lowest BCUT2D eigenvalue weighted by atomic mass is 10.3. The summed E-state index contributed by atoms with van der Waals surface area (Å²) in [6.07, 6.45) is 0. The molecule has 1 fully saturated rings. The second-order valence-electron chi connectivity index (χ2n) is 6.75. The monoisotopic (exact) mass is 435 g/mol. The van der Waals surface area contributed by atoms with E-state index in [9.17, 15) is 18.5 Å². The molecule has 0 N–H and O–H groups in total. The van der Waals surface area contributed by atoms with E-state index in [1.807, 2.05) is 31.2 Å². The van der Waals surface area contributed by atoms with E-state index in [2.05, 4.69) is 4.90 Å². The molecule has 0 radical (unpaired) electrons. The molecule has 2 aromatic rings. The summed E-state index contributed by atoms with van der Waals surface area (Å²) in [5.74, 6) is 1.55. The molecule has 9 nitrogen and oxygen atoms in total. The van der Waals surface area contributed by atoms with Gasteiger partial charge in [0.05, 0.1) is 16.4 Å². The second kappa shape index (κ2) is 9.88. The zero-order valence-corrected chi connectivity index (χ0v) is 17.6. The standard InChI is InChI=1S/C20H25N3O6S/c1-2-28-18-6-8-19(9-7-18)29-15-14-21-10-12-22(13-11-21)30(26,27)20-5-3-4-17(16-20)23(24)25/h3-9,16H,2,10-15H2,1H3. The first kappa shape index (κ1) is 22.0. The van der Waals surface area contributed by atoms with Crippen molar-refractivity contribution in [1.82, 2.24) is 9.21 Å². The Balaban J connectivity index is 1.48. The van der Waals surface area contributed by atoms with Crippen molar-refractivity contribution in [1.29, 1.82) is 0 Å². The van der Waals surface area contributed by atoms with Gasteiger partial charge in [-0.25, -0.2) is 8.42 Å². The van der Waals surface area contributed by atoms with Crippen molar-refractivity contribution in [3.05, 3.63) is 58.6 Å². The Labute approximate surface area is 176 Å². The third kappa shape index (κ3) is 5.47. The first-order valence-electron chi connectivity index (χ1n) is 9.73. The maximum absolute atomic E-state index is 12.8. The molecule has 0 saturated carbocycles. The van der Waals surface area contributed by atoms with Gasteiger partial charge in [0, 0.05) is 44.9 Å². The van der Waals surface area contributed by atoms with Crippen LogP contribution in [0.2, 0.25) is 0 Å². The molecular formula is C20H25N3O6S. The van der Waals surface area contributed by atoms with Crippen molar-refractivity contribution in [2.24, 2.45) is 0 Å². The van der Waals surface area contributed by atoms with Gasteiger partial charge < -0.3 is 9.47 Å². The fraction of sp³-hybridized carbons (Fsp3) is 0.400. The van der Waals surface area contributed by atoms with Gasteiger partial charge in [-0.1, -0.05) is 6.07 Å². The number of nitro benzene ring substituents is 1. The van der Waals surface area contributed by atoms with Crippen LogP contribution >= 0.6 is 0 Å². The van der Waals surface area contributed by atoms with Gasteiger partial charge in [0.15, 0.2) is 0 Å². The highest BCUT2D eigenvalue weighted by Crippen LogP contribution is 2.22. The third-order valence-corrected chi connectivity index (χ3v) is 6.70. The lowest BCUT2D eigenvalue weighted by Crippen LogP contribution is -2.49. The highest BCUT2D eigenvalue weighted by atomic mass is 32.2. The lowest BCUT2D eigenvalue weighted by Gasteiger charge is -2.33. The number of benzene rings is 2. The van der Waals surface area contributed by atoms with E-state index in [0.29, 0.717) is 45.9 Å². The molecule has 1 heterocycles. The number of nitro groups is 1.